The fourth-order valence-corrected chi connectivity index (χ4v) is 4.72. The van der Waals surface area contributed by atoms with Gasteiger partial charge < -0.3 is 14.5 Å². The molecule has 3 aromatic rings. The predicted molar refractivity (Wildman–Crippen MR) is 106 cm³/mol. The van der Waals surface area contributed by atoms with Crippen LogP contribution in [0.15, 0.2) is 68.5 Å². The van der Waals surface area contributed by atoms with Crippen molar-refractivity contribution in [1.82, 2.24) is 10.3 Å². The molecule has 0 radical (unpaired) electrons. The molecule has 1 aliphatic rings. The minimum absolute atomic E-state index is 0.119. The Kier molecular flexibility index (Phi) is 5.43. The van der Waals surface area contributed by atoms with Gasteiger partial charge in [0.05, 0.1) is 24.6 Å². The molecule has 0 spiro atoms. The van der Waals surface area contributed by atoms with Gasteiger partial charge in [0, 0.05) is 33.0 Å². The summed E-state index contributed by atoms with van der Waals surface area (Å²) >= 11 is 3.31. The Morgan fingerprint density at radius 2 is 2.35 bits per heavy atom. The van der Waals surface area contributed by atoms with E-state index in [1.54, 1.807) is 29.4 Å². The van der Waals surface area contributed by atoms with Crippen molar-refractivity contribution in [3.05, 3.63) is 60.0 Å². The third-order valence-electron chi connectivity index (χ3n) is 4.05. The van der Waals surface area contributed by atoms with Crippen molar-refractivity contribution >= 4 is 23.1 Å². The average molecular weight is 385 g/mol. The molecule has 134 valence electrons. The van der Waals surface area contributed by atoms with Crippen molar-refractivity contribution in [2.24, 2.45) is 0 Å². The smallest absolute Gasteiger partial charge is 0.174 e. The van der Waals surface area contributed by atoms with Gasteiger partial charge in [0.1, 0.15) is 5.76 Å². The molecule has 0 fully saturated rings. The van der Waals surface area contributed by atoms with Gasteiger partial charge in [-0.3, -0.25) is 4.98 Å². The number of hydrogen-bond donors (Lipinski definition) is 1. The van der Waals surface area contributed by atoms with Gasteiger partial charge >= 0.3 is 0 Å². The average Bonchev–Trinajstić information content (AvgIpc) is 3.35. The summed E-state index contributed by atoms with van der Waals surface area (Å²) in [6.45, 7) is 3.65. The van der Waals surface area contributed by atoms with Crippen LogP contribution in [0, 0.1) is 0 Å². The van der Waals surface area contributed by atoms with Crippen molar-refractivity contribution in [2.45, 2.75) is 29.2 Å². The third kappa shape index (κ3) is 3.87. The molecule has 6 heteroatoms. The number of ether oxygens (including phenoxy) is 1. The monoisotopic (exact) mass is 384 g/mol. The number of pyridine rings is 1. The SMILES string of the molecule is CCOc1cc(Sc2cnc(C3C=CCCN3)c(-c3ccco3)c2)cs1. The molecule has 0 saturated heterocycles. The number of rotatable bonds is 6. The summed E-state index contributed by atoms with van der Waals surface area (Å²) in [4.78, 5) is 7.02. The van der Waals surface area contributed by atoms with Crippen LogP contribution >= 0.6 is 23.1 Å². The molecule has 0 saturated carbocycles. The van der Waals surface area contributed by atoms with Crippen molar-refractivity contribution in [1.29, 1.82) is 0 Å². The summed E-state index contributed by atoms with van der Waals surface area (Å²) in [5, 5.41) is 6.57. The summed E-state index contributed by atoms with van der Waals surface area (Å²) in [5.41, 5.74) is 2.03. The highest BCUT2D eigenvalue weighted by Gasteiger charge is 2.19. The summed E-state index contributed by atoms with van der Waals surface area (Å²) < 4.78 is 11.2. The highest BCUT2D eigenvalue weighted by atomic mass is 32.2. The van der Waals surface area contributed by atoms with Crippen LogP contribution in [0.2, 0.25) is 0 Å². The first-order valence-electron chi connectivity index (χ1n) is 8.66. The first kappa shape index (κ1) is 17.4. The minimum Gasteiger partial charge on any atom is -0.484 e. The van der Waals surface area contributed by atoms with Crippen LogP contribution in [0.25, 0.3) is 11.3 Å². The van der Waals surface area contributed by atoms with E-state index in [0.29, 0.717) is 6.61 Å². The fourth-order valence-electron chi connectivity index (χ4n) is 2.91. The Balaban J connectivity index is 1.65. The lowest BCUT2D eigenvalue weighted by Crippen LogP contribution is -2.24. The van der Waals surface area contributed by atoms with Gasteiger partial charge in [0.25, 0.3) is 0 Å². The number of aromatic nitrogens is 1. The van der Waals surface area contributed by atoms with Gasteiger partial charge in [-0.15, -0.1) is 11.3 Å². The van der Waals surface area contributed by atoms with Gasteiger partial charge in [0.2, 0.25) is 0 Å². The Morgan fingerprint density at radius 1 is 1.38 bits per heavy atom. The van der Waals surface area contributed by atoms with E-state index in [2.05, 4.69) is 35.0 Å². The van der Waals surface area contributed by atoms with Crippen molar-refractivity contribution in [3.63, 3.8) is 0 Å². The van der Waals surface area contributed by atoms with E-state index in [4.69, 9.17) is 14.1 Å². The van der Waals surface area contributed by atoms with E-state index in [0.717, 1.165) is 44.8 Å². The lowest BCUT2D eigenvalue weighted by atomic mass is 10.0. The fraction of sp³-hybridized carbons (Fsp3) is 0.250. The molecule has 4 rings (SSSR count). The molecule has 4 heterocycles. The number of nitrogens with zero attached hydrogens (tertiary/aromatic N) is 1. The van der Waals surface area contributed by atoms with Crippen LogP contribution in [0.3, 0.4) is 0 Å². The Labute approximate surface area is 161 Å². The van der Waals surface area contributed by atoms with Crippen LogP contribution < -0.4 is 10.1 Å². The number of thiophene rings is 1. The van der Waals surface area contributed by atoms with E-state index in [1.807, 2.05) is 25.3 Å². The van der Waals surface area contributed by atoms with Crippen LogP contribution in [-0.2, 0) is 0 Å². The number of hydrogen-bond acceptors (Lipinski definition) is 6. The molecule has 3 aromatic heterocycles. The molecule has 1 N–H and O–H groups in total. The first-order valence-corrected chi connectivity index (χ1v) is 10.4. The van der Waals surface area contributed by atoms with Crippen LogP contribution in [-0.4, -0.2) is 18.1 Å². The molecule has 0 aliphatic carbocycles. The predicted octanol–water partition coefficient (Wildman–Crippen LogP) is 5.54. The molecular weight excluding hydrogens is 364 g/mol. The molecule has 0 bridgehead atoms. The van der Waals surface area contributed by atoms with Gasteiger partial charge in [-0.25, -0.2) is 0 Å². The zero-order valence-electron chi connectivity index (χ0n) is 14.5. The largest absolute Gasteiger partial charge is 0.484 e. The second-order valence-corrected chi connectivity index (χ2v) is 7.89. The van der Waals surface area contributed by atoms with Gasteiger partial charge in [-0.1, -0.05) is 23.9 Å². The molecule has 1 unspecified atom stereocenters. The van der Waals surface area contributed by atoms with E-state index in [1.165, 1.54) is 0 Å². The van der Waals surface area contributed by atoms with Crippen LogP contribution in [0.1, 0.15) is 25.1 Å². The maximum Gasteiger partial charge on any atom is 0.174 e. The topological polar surface area (TPSA) is 47.3 Å². The highest BCUT2D eigenvalue weighted by Crippen LogP contribution is 2.38. The maximum atomic E-state index is 5.67. The van der Waals surface area contributed by atoms with E-state index in [9.17, 15) is 0 Å². The van der Waals surface area contributed by atoms with Crippen molar-refractivity contribution in [3.8, 4) is 16.4 Å². The zero-order valence-corrected chi connectivity index (χ0v) is 16.1. The molecular formula is C20H20N2O2S2. The number of furan rings is 1. The van der Waals surface area contributed by atoms with Gasteiger partial charge in [0.15, 0.2) is 5.06 Å². The van der Waals surface area contributed by atoms with Gasteiger partial charge in [-0.2, -0.15) is 0 Å². The van der Waals surface area contributed by atoms with E-state index < -0.39 is 0 Å². The highest BCUT2D eigenvalue weighted by molar-refractivity contribution is 7.99. The summed E-state index contributed by atoms with van der Waals surface area (Å²) in [6.07, 6.45) is 9.09. The summed E-state index contributed by atoms with van der Waals surface area (Å²) in [6, 6.07) is 8.25. The maximum absolute atomic E-state index is 5.67. The molecule has 26 heavy (non-hydrogen) atoms. The first-order chi connectivity index (χ1) is 12.8. The third-order valence-corrected chi connectivity index (χ3v) is 5.97. The molecule has 0 aromatic carbocycles. The Hall–Kier alpha value is -2.02. The molecule has 1 atom stereocenters. The second-order valence-electron chi connectivity index (χ2n) is 5.87. The zero-order chi connectivity index (χ0) is 17.8. The van der Waals surface area contributed by atoms with Crippen molar-refractivity contribution in [2.75, 3.05) is 13.2 Å². The lowest BCUT2D eigenvalue weighted by molar-refractivity contribution is 0.350. The Bertz CT molecular complexity index is 887. The Morgan fingerprint density at radius 3 is 3.12 bits per heavy atom. The van der Waals surface area contributed by atoms with Crippen LogP contribution in [0.4, 0.5) is 0 Å². The second kappa shape index (κ2) is 8.12. The van der Waals surface area contributed by atoms with E-state index >= 15 is 0 Å². The molecule has 0 amide bonds. The van der Waals surface area contributed by atoms with Gasteiger partial charge in [-0.05, 0) is 38.1 Å². The minimum atomic E-state index is 0.119. The summed E-state index contributed by atoms with van der Waals surface area (Å²) in [5.74, 6) is 0.844. The lowest BCUT2D eigenvalue weighted by Gasteiger charge is -2.20. The normalized spacial score (nSPS) is 16.7. The number of nitrogens with one attached hydrogen (secondary N) is 1. The summed E-state index contributed by atoms with van der Waals surface area (Å²) in [7, 11) is 0. The quantitative estimate of drug-likeness (QED) is 0.565. The van der Waals surface area contributed by atoms with Crippen LogP contribution in [0.5, 0.6) is 5.06 Å². The molecule has 4 nitrogen and oxygen atoms in total. The standard InChI is InChI=1S/C20H20N2O2S2/c1-2-23-19-11-15(13-25-19)26-14-10-16(18-7-5-9-24-18)20(22-12-14)17-6-3-4-8-21-17/h3,5-7,9-13,17,21H,2,4,8H2,1H3. The van der Waals surface area contributed by atoms with Crippen molar-refractivity contribution < 1.29 is 9.15 Å². The van der Waals surface area contributed by atoms with E-state index in [-0.39, 0.29) is 6.04 Å². The molecule has 1 aliphatic heterocycles.